The number of rotatable bonds is 14. The molecule has 288 valence electrons. The third kappa shape index (κ3) is 9.69. The Hall–Kier alpha value is -2.70. The first-order chi connectivity index (χ1) is 24.2. The number of aliphatic hydroxyl groups is 2. The maximum Gasteiger partial charge on any atom is 0.469 e. The van der Waals surface area contributed by atoms with Crippen molar-refractivity contribution in [1.29, 1.82) is 0 Å². The largest absolute Gasteiger partial charge is 0.469 e. The van der Waals surface area contributed by atoms with Gasteiger partial charge in [0.05, 0.1) is 31.3 Å². The number of esters is 1. The van der Waals surface area contributed by atoms with Crippen LogP contribution in [0.5, 0.6) is 0 Å². The quantitative estimate of drug-likeness (QED) is 0.0636. The van der Waals surface area contributed by atoms with Crippen molar-refractivity contribution in [2.75, 3.05) is 30.4 Å². The van der Waals surface area contributed by atoms with E-state index in [1.807, 2.05) is 20.8 Å². The smallest absolute Gasteiger partial charge is 0.455 e. The summed E-state index contributed by atoms with van der Waals surface area (Å²) in [5.74, 6) is -1.24. The van der Waals surface area contributed by atoms with Crippen molar-refractivity contribution in [2.24, 2.45) is 0 Å². The van der Waals surface area contributed by atoms with Crippen molar-refractivity contribution < 1.29 is 62.1 Å². The highest BCUT2D eigenvalue weighted by Crippen LogP contribution is 2.56. The zero-order valence-corrected chi connectivity index (χ0v) is 31.1. The summed E-state index contributed by atoms with van der Waals surface area (Å²) in [7, 11) is -7.32. The van der Waals surface area contributed by atoms with Crippen LogP contribution in [-0.2, 0) is 37.2 Å². The lowest BCUT2D eigenvalue weighted by atomic mass is 10.1. The van der Waals surface area contributed by atoms with Crippen LogP contribution in [0.25, 0.3) is 11.2 Å². The van der Waals surface area contributed by atoms with Crippen molar-refractivity contribution in [3.8, 4) is 0 Å². The van der Waals surface area contributed by atoms with E-state index in [0.29, 0.717) is 0 Å². The summed E-state index contributed by atoms with van der Waals surface area (Å²) in [6.45, 7) is 4.17. The standard InChI is InChI=1S/C26H38N8O14P2S2/c1-26(2,3)52-51-9-12(35)24(37)48-20-14(47-23(19(20)36)34-11-31-18-21(28)29-10-30-22(18)34)8-44-49(39,40)15-6-17(33-5-4-16(27)32-25(33)38)46-13(15)7-45-50(41,42)43/h4-5,10-15,17,19-20,23,35-36H,6-9H2,1-3H3,(H,39,40)(H2,27,32,38)(H2,28,29,30)(H2,41,42,43)/t12?,13-,14?,15+,17-,19-,20-,23-/m1/s1. The van der Waals surface area contributed by atoms with Gasteiger partial charge in [0.15, 0.2) is 29.9 Å². The summed E-state index contributed by atoms with van der Waals surface area (Å²) in [5, 5.41) is 22.0. The molecule has 0 bridgehead atoms. The summed E-state index contributed by atoms with van der Waals surface area (Å²) in [6, 6.07) is 1.28. The van der Waals surface area contributed by atoms with Gasteiger partial charge in [0.25, 0.3) is 0 Å². The molecule has 0 aromatic carbocycles. The molecule has 9 N–H and O–H groups in total. The molecule has 3 aromatic heterocycles. The van der Waals surface area contributed by atoms with Crippen molar-refractivity contribution in [2.45, 2.75) is 80.6 Å². The molecule has 52 heavy (non-hydrogen) atoms. The number of carbonyl (C=O) groups excluding carboxylic acids is 1. The Morgan fingerprint density at radius 3 is 2.48 bits per heavy atom. The van der Waals surface area contributed by atoms with E-state index < -0.39 is 88.9 Å². The highest BCUT2D eigenvalue weighted by atomic mass is 33.1. The van der Waals surface area contributed by atoms with Crippen LogP contribution >= 0.6 is 37.0 Å². The van der Waals surface area contributed by atoms with E-state index in [1.54, 1.807) is 0 Å². The Bertz CT molecular complexity index is 1910. The highest BCUT2D eigenvalue weighted by molar-refractivity contribution is 8.77. The number of aromatic nitrogens is 6. The number of carbonyl (C=O) groups is 1. The van der Waals surface area contributed by atoms with Crippen LogP contribution in [0.3, 0.4) is 0 Å². The average molecular weight is 813 g/mol. The predicted octanol–water partition coefficient (Wildman–Crippen LogP) is -0.0741. The number of aliphatic hydroxyl groups excluding tert-OH is 2. The molecule has 5 rings (SSSR count). The second-order valence-corrected chi connectivity index (χ2v) is 19.1. The molecule has 0 spiro atoms. The van der Waals surface area contributed by atoms with Crippen LogP contribution in [-0.4, -0.2) is 120 Å². The van der Waals surface area contributed by atoms with Gasteiger partial charge in [-0.1, -0.05) is 42.4 Å². The van der Waals surface area contributed by atoms with Gasteiger partial charge in [-0.25, -0.2) is 29.1 Å². The van der Waals surface area contributed by atoms with E-state index in [-0.39, 0.29) is 39.7 Å². The molecule has 2 saturated heterocycles. The molecule has 3 unspecified atom stereocenters. The lowest BCUT2D eigenvalue weighted by Crippen LogP contribution is -2.41. The van der Waals surface area contributed by atoms with Gasteiger partial charge in [0.1, 0.15) is 36.1 Å². The number of hydrogen-bond donors (Lipinski definition) is 7. The molecule has 0 radical (unpaired) electrons. The second kappa shape index (κ2) is 16.0. The van der Waals surface area contributed by atoms with E-state index in [2.05, 4.69) is 24.5 Å². The Morgan fingerprint density at radius 1 is 1.10 bits per heavy atom. The zero-order chi connectivity index (χ0) is 38.2. The lowest BCUT2D eigenvalue weighted by Gasteiger charge is -2.26. The number of nitrogen functional groups attached to an aromatic ring is 2. The minimum absolute atomic E-state index is 0.0282. The maximum absolute atomic E-state index is 13.8. The molecular formula is C26H38N8O14P2S2. The molecule has 0 aliphatic carbocycles. The summed E-state index contributed by atoms with van der Waals surface area (Å²) in [6.07, 6.45) is -7.18. The molecule has 0 saturated carbocycles. The Morgan fingerprint density at radius 2 is 1.81 bits per heavy atom. The number of phosphoric ester groups is 1. The first kappa shape index (κ1) is 40.5. The molecule has 26 heteroatoms. The Balaban J connectivity index is 1.37. The fourth-order valence-corrected chi connectivity index (χ4v) is 9.57. The van der Waals surface area contributed by atoms with Crippen LogP contribution in [0.1, 0.15) is 39.6 Å². The third-order valence-electron chi connectivity index (χ3n) is 7.65. The molecule has 3 aromatic rings. The number of nitrogens with zero attached hydrogens (tertiary/aromatic N) is 6. The van der Waals surface area contributed by atoms with E-state index in [9.17, 15) is 43.6 Å². The van der Waals surface area contributed by atoms with E-state index in [4.69, 9.17) is 30.2 Å². The molecular weight excluding hydrogens is 774 g/mol. The summed E-state index contributed by atoms with van der Waals surface area (Å²) >= 11 is 0. The van der Waals surface area contributed by atoms with Gasteiger partial charge in [0, 0.05) is 23.1 Å². The fraction of sp³-hybridized carbons (Fsp3) is 0.615. The number of nitrogens with two attached hydrogens (primary N) is 2. The van der Waals surface area contributed by atoms with E-state index >= 15 is 0 Å². The molecule has 9 atom stereocenters. The molecule has 0 amide bonds. The first-order valence-electron chi connectivity index (χ1n) is 15.4. The minimum Gasteiger partial charge on any atom is -0.455 e. The fourth-order valence-electron chi connectivity index (χ4n) is 5.31. The van der Waals surface area contributed by atoms with Crippen LogP contribution in [0.15, 0.2) is 29.7 Å². The topological polar surface area (TPSA) is 329 Å². The van der Waals surface area contributed by atoms with Gasteiger partial charge in [-0.2, -0.15) is 4.98 Å². The van der Waals surface area contributed by atoms with Crippen molar-refractivity contribution in [1.82, 2.24) is 29.1 Å². The number of ether oxygens (including phenoxy) is 3. The summed E-state index contributed by atoms with van der Waals surface area (Å²) in [4.78, 5) is 71.0. The SMILES string of the molecule is CC(C)(C)SSCC(O)C(=O)O[C@@H]1C(COP(=O)(O)[C@H]2C[C@H](n3ccc(N)nc3=O)O[C@@H]2COP(=O)(O)O)O[C@@H](n2cnc3c(N)ncnc32)[C@@H]1O. The van der Waals surface area contributed by atoms with Crippen molar-refractivity contribution in [3.05, 3.63) is 35.4 Å². The van der Waals surface area contributed by atoms with Crippen LogP contribution < -0.4 is 17.2 Å². The average Bonchev–Trinajstić information content (AvgIpc) is 3.75. The number of fused-ring (bicyclic) bond motifs is 1. The molecule has 22 nitrogen and oxygen atoms in total. The van der Waals surface area contributed by atoms with Gasteiger partial charge >= 0.3 is 27.1 Å². The first-order valence-corrected chi connectivity index (χ1v) is 20.9. The Kier molecular flexibility index (Phi) is 12.4. The third-order valence-corrected chi connectivity index (χ3v) is 13.4. The van der Waals surface area contributed by atoms with E-state index in [1.165, 1.54) is 44.7 Å². The lowest BCUT2D eigenvalue weighted by molar-refractivity contribution is -0.165. The van der Waals surface area contributed by atoms with Crippen LogP contribution in [0, 0.1) is 0 Å². The number of phosphoric acid groups is 1. The van der Waals surface area contributed by atoms with E-state index in [0.717, 1.165) is 10.9 Å². The van der Waals surface area contributed by atoms with Crippen molar-refractivity contribution in [3.63, 3.8) is 0 Å². The molecule has 2 fully saturated rings. The highest BCUT2D eigenvalue weighted by Gasteiger charge is 2.52. The molecule has 2 aliphatic rings. The van der Waals surface area contributed by atoms with Crippen LogP contribution in [0.2, 0.25) is 0 Å². The number of hydrogen-bond acceptors (Lipinski definition) is 19. The number of imidazole rings is 1. The monoisotopic (exact) mass is 812 g/mol. The van der Waals surface area contributed by atoms with Gasteiger partial charge in [-0.3, -0.25) is 18.2 Å². The van der Waals surface area contributed by atoms with Gasteiger partial charge in [-0.05, 0) is 6.07 Å². The predicted molar refractivity (Wildman–Crippen MR) is 184 cm³/mol. The minimum atomic E-state index is -5.08. The zero-order valence-electron chi connectivity index (χ0n) is 27.7. The summed E-state index contributed by atoms with van der Waals surface area (Å²) in [5.41, 5.74) is 9.36. The molecule has 2 aliphatic heterocycles. The van der Waals surface area contributed by atoms with Gasteiger partial charge < -0.3 is 55.1 Å². The van der Waals surface area contributed by atoms with Gasteiger partial charge in [0.2, 0.25) is 0 Å². The van der Waals surface area contributed by atoms with Crippen molar-refractivity contribution >= 4 is 65.8 Å². The van der Waals surface area contributed by atoms with Gasteiger partial charge in [-0.15, -0.1) is 0 Å². The van der Waals surface area contributed by atoms with Crippen LogP contribution in [0.4, 0.5) is 11.6 Å². The summed E-state index contributed by atoms with van der Waals surface area (Å²) < 4.78 is 54.6. The molecule has 5 heterocycles. The number of anilines is 2. The maximum atomic E-state index is 13.8. The Labute approximate surface area is 302 Å². The second-order valence-electron chi connectivity index (χ2n) is 12.7. The normalized spacial score (nSPS) is 27.1.